The summed E-state index contributed by atoms with van der Waals surface area (Å²) in [6.07, 6.45) is 1.24. The zero-order valence-corrected chi connectivity index (χ0v) is 13.4. The average molecular weight is 314 g/mol. The van der Waals surface area contributed by atoms with Crippen LogP contribution in [0.25, 0.3) is 0 Å². The third-order valence-electron chi connectivity index (χ3n) is 3.48. The van der Waals surface area contributed by atoms with Crippen molar-refractivity contribution in [3.8, 4) is 5.75 Å². The van der Waals surface area contributed by atoms with Gasteiger partial charge in [-0.2, -0.15) is 0 Å². The van der Waals surface area contributed by atoms with Gasteiger partial charge < -0.3 is 10.1 Å². The second-order valence-corrected chi connectivity index (χ2v) is 5.18. The number of hydrogen-bond acceptors (Lipinski definition) is 2. The van der Waals surface area contributed by atoms with Crippen molar-refractivity contribution in [3.05, 3.63) is 71.4 Å². The van der Waals surface area contributed by atoms with Crippen LogP contribution in [0.3, 0.4) is 0 Å². The second-order valence-electron chi connectivity index (χ2n) is 5.18. The molecule has 0 aliphatic carbocycles. The fourth-order valence-corrected chi connectivity index (χ4v) is 2.32. The van der Waals surface area contributed by atoms with Crippen molar-refractivity contribution in [2.24, 2.45) is 0 Å². The Balaban J connectivity index is 2.07. The highest BCUT2D eigenvalue weighted by molar-refractivity contribution is 5.70. The predicted octanol–water partition coefficient (Wildman–Crippen LogP) is 4.70. The van der Waals surface area contributed by atoms with Gasteiger partial charge in [-0.3, -0.25) is 0 Å². The van der Waals surface area contributed by atoms with Crippen molar-refractivity contribution in [2.45, 2.75) is 26.7 Å². The van der Waals surface area contributed by atoms with Crippen LogP contribution in [0, 0.1) is 11.7 Å². The maximum absolute atomic E-state index is 13.1. The lowest BCUT2D eigenvalue weighted by Gasteiger charge is -2.15. The number of benzene rings is 2. The minimum absolute atomic E-state index is 0.244. The fraction of sp³-hybridized carbons (Fsp3) is 0.263. The molecule has 0 heterocycles. The standard InChI is InChI=1S/C19H21FNO2/c1-3-13-21-19(22)23-17-11-7-15(8-12-17)18(4-2)14-5-9-16(20)10-6-14/h5-12H,3-4,13H2,1-2H3,(H,21,22). The zero-order chi connectivity index (χ0) is 16.7. The first-order valence-electron chi connectivity index (χ1n) is 7.82. The smallest absolute Gasteiger partial charge is 0.410 e. The molecule has 0 unspecified atom stereocenters. The second kappa shape index (κ2) is 8.32. The lowest BCUT2D eigenvalue weighted by Crippen LogP contribution is -2.27. The van der Waals surface area contributed by atoms with Gasteiger partial charge >= 0.3 is 6.09 Å². The number of halogens is 1. The Kier molecular flexibility index (Phi) is 6.15. The Bertz CT molecular complexity index is 623. The summed E-state index contributed by atoms with van der Waals surface area (Å²) in [6, 6.07) is 13.8. The number of ether oxygens (including phenoxy) is 1. The first-order valence-corrected chi connectivity index (χ1v) is 7.82. The Morgan fingerprint density at radius 3 is 2.09 bits per heavy atom. The summed E-state index contributed by atoms with van der Waals surface area (Å²) < 4.78 is 18.3. The number of hydrogen-bond donors (Lipinski definition) is 1. The van der Waals surface area contributed by atoms with Crippen LogP contribution >= 0.6 is 0 Å². The number of amides is 1. The number of rotatable bonds is 6. The topological polar surface area (TPSA) is 38.3 Å². The highest BCUT2D eigenvalue weighted by Gasteiger charge is 2.13. The average Bonchev–Trinajstić information content (AvgIpc) is 2.57. The van der Waals surface area contributed by atoms with Gasteiger partial charge in [-0.15, -0.1) is 0 Å². The van der Waals surface area contributed by atoms with Crippen LogP contribution in [0.2, 0.25) is 0 Å². The van der Waals surface area contributed by atoms with E-state index in [-0.39, 0.29) is 5.82 Å². The van der Waals surface area contributed by atoms with E-state index in [2.05, 4.69) is 12.2 Å². The lowest BCUT2D eigenvalue weighted by atomic mass is 9.89. The monoisotopic (exact) mass is 314 g/mol. The van der Waals surface area contributed by atoms with E-state index in [0.717, 1.165) is 29.9 Å². The van der Waals surface area contributed by atoms with E-state index in [4.69, 9.17) is 4.74 Å². The molecule has 1 radical (unpaired) electrons. The van der Waals surface area contributed by atoms with Crippen molar-refractivity contribution >= 4 is 6.09 Å². The van der Waals surface area contributed by atoms with E-state index in [1.165, 1.54) is 12.1 Å². The van der Waals surface area contributed by atoms with Gasteiger partial charge in [-0.1, -0.05) is 38.1 Å². The van der Waals surface area contributed by atoms with Crippen molar-refractivity contribution in [3.63, 3.8) is 0 Å². The first kappa shape index (κ1) is 17.0. The summed E-state index contributed by atoms with van der Waals surface area (Å²) in [5, 5.41) is 2.66. The fourth-order valence-electron chi connectivity index (χ4n) is 2.32. The van der Waals surface area contributed by atoms with Crippen molar-refractivity contribution in [2.75, 3.05) is 6.54 Å². The molecule has 121 valence electrons. The highest BCUT2D eigenvalue weighted by Crippen LogP contribution is 2.28. The van der Waals surface area contributed by atoms with Gasteiger partial charge in [-0.05, 0) is 48.2 Å². The maximum atomic E-state index is 13.1. The Morgan fingerprint density at radius 1 is 1.00 bits per heavy atom. The zero-order valence-electron chi connectivity index (χ0n) is 13.4. The third-order valence-corrected chi connectivity index (χ3v) is 3.48. The van der Waals surface area contributed by atoms with E-state index >= 15 is 0 Å². The number of nitrogens with one attached hydrogen (secondary N) is 1. The molecule has 3 nitrogen and oxygen atoms in total. The summed E-state index contributed by atoms with van der Waals surface area (Å²) in [7, 11) is 0. The number of carbonyl (C=O) groups is 1. The molecular formula is C19H21FNO2. The summed E-state index contributed by atoms with van der Waals surface area (Å²) in [6.45, 7) is 4.63. The molecule has 23 heavy (non-hydrogen) atoms. The van der Waals surface area contributed by atoms with Crippen LogP contribution in [0.1, 0.15) is 37.8 Å². The van der Waals surface area contributed by atoms with E-state index in [9.17, 15) is 9.18 Å². The van der Waals surface area contributed by atoms with E-state index < -0.39 is 6.09 Å². The lowest BCUT2D eigenvalue weighted by molar-refractivity contribution is 0.200. The Hall–Kier alpha value is -2.36. The molecule has 4 heteroatoms. The maximum Gasteiger partial charge on any atom is 0.412 e. The van der Waals surface area contributed by atoms with Crippen molar-refractivity contribution < 1.29 is 13.9 Å². The number of carbonyl (C=O) groups excluding carboxylic acids is 1. The van der Waals surface area contributed by atoms with Crippen LogP contribution in [-0.2, 0) is 0 Å². The van der Waals surface area contributed by atoms with Gasteiger partial charge in [0.15, 0.2) is 0 Å². The largest absolute Gasteiger partial charge is 0.412 e. The quantitative estimate of drug-likeness (QED) is 0.839. The minimum atomic E-state index is -0.446. The molecule has 0 aliphatic heterocycles. The van der Waals surface area contributed by atoms with Crippen LogP contribution in [0.4, 0.5) is 9.18 Å². The van der Waals surface area contributed by atoms with Gasteiger partial charge in [0.05, 0.1) is 0 Å². The van der Waals surface area contributed by atoms with Crippen molar-refractivity contribution in [1.29, 1.82) is 0 Å². The minimum Gasteiger partial charge on any atom is -0.410 e. The van der Waals surface area contributed by atoms with E-state index in [1.54, 1.807) is 24.3 Å². The SMILES string of the molecule is CCCNC(=O)Oc1ccc([C](CC)c2ccc(F)cc2)cc1. The van der Waals surface area contributed by atoms with Gasteiger partial charge in [0, 0.05) is 12.5 Å². The highest BCUT2D eigenvalue weighted by atomic mass is 19.1. The molecule has 1 amide bonds. The van der Waals surface area contributed by atoms with Crippen LogP contribution in [0.15, 0.2) is 48.5 Å². The normalized spacial score (nSPS) is 10.6. The van der Waals surface area contributed by atoms with Gasteiger partial charge in [-0.25, -0.2) is 9.18 Å². The molecule has 0 saturated heterocycles. The molecule has 0 aliphatic rings. The molecule has 1 N–H and O–H groups in total. The Labute approximate surface area is 136 Å². The molecule has 2 rings (SSSR count). The summed E-state index contributed by atoms with van der Waals surface area (Å²) >= 11 is 0. The van der Waals surface area contributed by atoms with Crippen molar-refractivity contribution in [1.82, 2.24) is 5.32 Å². The molecule has 2 aromatic rings. The molecule has 0 saturated carbocycles. The molecule has 2 aromatic carbocycles. The first-order chi connectivity index (χ1) is 11.1. The predicted molar refractivity (Wildman–Crippen MR) is 88.9 cm³/mol. The Morgan fingerprint density at radius 2 is 1.57 bits per heavy atom. The van der Waals surface area contributed by atoms with Crippen LogP contribution in [0.5, 0.6) is 5.75 Å². The van der Waals surface area contributed by atoms with E-state index in [0.29, 0.717) is 12.3 Å². The molecule has 0 spiro atoms. The van der Waals surface area contributed by atoms with Gasteiger partial charge in [0.25, 0.3) is 0 Å². The van der Waals surface area contributed by atoms with Crippen LogP contribution in [-0.4, -0.2) is 12.6 Å². The van der Waals surface area contributed by atoms with Crippen LogP contribution < -0.4 is 10.1 Å². The summed E-state index contributed by atoms with van der Waals surface area (Å²) in [4.78, 5) is 11.5. The molecular weight excluding hydrogens is 293 g/mol. The molecule has 0 aromatic heterocycles. The molecule has 0 bridgehead atoms. The van der Waals surface area contributed by atoms with Gasteiger partial charge in [0.2, 0.25) is 0 Å². The van der Waals surface area contributed by atoms with Gasteiger partial charge in [0.1, 0.15) is 11.6 Å². The summed E-state index contributed by atoms with van der Waals surface area (Å²) in [5.74, 6) is 1.37. The molecule has 0 fully saturated rings. The molecule has 0 atom stereocenters. The van der Waals surface area contributed by atoms with E-state index in [1.807, 2.05) is 19.1 Å². The summed E-state index contributed by atoms with van der Waals surface area (Å²) in [5.41, 5.74) is 2.02. The third kappa shape index (κ3) is 4.81.